The van der Waals surface area contributed by atoms with E-state index in [1.165, 1.54) is 35.8 Å². The minimum atomic E-state index is 0.345. The van der Waals surface area contributed by atoms with E-state index in [0.29, 0.717) is 11.7 Å². The molecular weight excluding hydrogens is 228 g/mol. The third-order valence-electron chi connectivity index (χ3n) is 3.65. The summed E-state index contributed by atoms with van der Waals surface area (Å²) in [5.41, 5.74) is 0. The van der Waals surface area contributed by atoms with Gasteiger partial charge in [0, 0.05) is 11.1 Å². The van der Waals surface area contributed by atoms with Gasteiger partial charge in [-0.1, -0.05) is 43.9 Å². The van der Waals surface area contributed by atoms with Gasteiger partial charge in [-0.2, -0.15) is 0 Å². The Kier molecular flexibility index (Phi) is 2.98. The maximum Gasteiger partial charge on any atom is 0.173 e. The van der Waals surface area contributed by atoms with Crippen molar-refractivity contribution in [3.63, 3.8) is 0 Å². The lowest BCUT2D eigenvalue weighted by molar-refractivity contribution is 0.0966. The second-order valence-electron chi connectivity index (χ2n) is 4.93. The highest BCUT2D eigenvalue weighted by atomic mass is 32.1. The van der Waals surface area contributed by atoms with E-state index in [-0.39, 0.29) is 0 Å². The van der Waals surface area contributed by atoms with Crippen LogP contribution in [0.4, 0.5) is 0 Å². The van der Waals surface area contributed by atoms with Crippen LogP contribution in [0.25, 0.3) is 10.1 Å². The Morgan fingerprint density at radius 2 is 2.00 bits per heavy atom. The largest absolute Gasteiger partial charge is 0.293 e. The molecule has 0 saturated heterocycles. The second kappa shape index (κ2) is 4.61. The Bertz CT molecular complexity index is 502. The molecule has 1 fully saturated rings. The average molecular weight is 244 g/mol. The van der Waals surface area contributed by atoms with Crippen molar-refractivity contribution in [2.24, 2.45) is 5.92 Å². The first-order valence-electron chi connectivity index (χ1n) is 6.35. The number of rotatable bonds is 3. The van der Waals surface area contributed by atoms with Crippen LogP contribution in [0.1, 0.15) is 41.8 Å². The van der Waals surface area contributed by atoms with E-state index in [1.807, 2.05) is 12.1 Å². The van der Waals surface area contributed by atoms with Crippen LogP contribution in [0.2, 0.25) is 0 Å². The fourth-order valence-corrected chi connectivity index (χ4v) is 3.71. The number of fused-ring (bicyclic) bond motifs is 1. The highest BCUT2D eigenvalue weighted by Gasteiger charge is 2.20. The third-order valence-corrected chi connectivity index (χ3v) is 4.81. The van der Waals surface area contributed by atoms with E-state index in [9.17, 15) is 4.79 Å². The normalized spacial score (nSPS) is 16.7. The number of ketones is 1. The summed E-state index contributed by atoms with van der Waals surface area (Å²) in [4.78, 5) is 13.1. The summed E-state index contributed by atoms with van der Waals surface area (Å²) in [5.74, 6) is 0.991. The van der Waals surface area contributed by atoms with Crippen LogP contribution < -0.4 is 0 Å². The van der Waals surface area contributed by atoms with E-state index in [0.717, 1.165) is 11.3 Å². The van der Waals surface area contributed by atoms with Crippen molar-refractivity contribution in [1.29, 1.82) is 0 Å². The van der Waals surface area contributed by atoms with Crippen molar-refractivity contribution in [1.82, 2.24) is 0 Å². The quantitative estimate of drug-likeness (QED) is 0.717. The predicted molar refractivity (Wildman–Crippen MR) is 72.7 cm³/mol. The van der Waals surface area contributed by atoms with Gasteiger partial charge in [-0.15, -0.1) is 11.3 Å². The summed E-state index contributed by atoms with van der Waals surface area (Å²) in [6.45, 7) is 0. The van der Waals surface area contributed by atoms with Gasteiger partial charge in [0.2, 0.25) is 0 Å². The first-order chi connectivity index (χ1) is 8.33. The van der Waals surface area contributed by atoms with Gasteiger partial charge in [0.15, 0.2) is 5.78 Å². The lowest BCUT2D eigenvalue weighted by Gasteiger charge is -2.05. The van der Waals surface area contributed by atoms with Crippen molar-refractivity contribution in [2.45, 2.75) is 32.1 Å². The fraction of sp³-hybridized carbons (Fsp3) is 0.400. The van der Waals surface area contributed by atoms with Crippen LogP contribution >= 0.6 is 11.3 Å². The van der Waals surface area contributed by atoms with Gasteiger partial charge >= 0.3 is 0 Å². The molecule has 88 valence electrons. The standard InChI is InChI=1S/C15H16OS/c16-13(9-11-5-1-2-6-11)15-10-12-7-3-4-8-14(12)17-15/h3-4,7-8,10-11H,1-2,5-6,9H2. The summed E-state index contributed by atoms with van der Waals surface area (Å²) in [6.07, 6.45) is 5.87. The number of carbonyl (C=O) groups excluding carboxylic acids is 1. The number of benzene rings is 1. The van der Waals surface area contributed by atoms with Crippen molar-refractivity contribution in [3.05, 3.63) is 35.2 Å². The molecule has 1 nitrogen and oxygen atoms in total. The molecule has 0 N–H and O–H groups in total. The SMILES string of the molecule is O=C(CC1CCCC1)c1cc2ccccc2s1. The first kappa shape index (κ1) is 11.0. The van der Waals surface area contributed by atoms with E-state index < -0.39 is 0 Å². The van der Waals surface area contributed by atoms with Crippen LogP contribution in [-0.4, -0.2) is 5.78 Å². The highest BCUT2D eigenvalue weighted by Crippen LogP contribution is 2.31. The zero-order valence-corrected chi connectivity index (χ0v) is 10.6. The summed E-state index contributed by atoms with van der Waals surface area (Å²) in [7, 11) is 0. The van der Waals surface area contributed by atoms with Gasteiger partial charge in [-0.25, -0.2) is 0 Å². The molecule has 0 aliphatic heterocycles. The second-order valence-corrected chi connectivity index (χ2v) is 6.01. The molecule has 0 amide bonds. The Morgan fingerprint density at radius 3 is 2.76 bits per heavy atom. The van der Waals surface area contributed by atoms with Crippen molar-refractivity contribution in [2.75, 3.05) is 0 Å². The fourth-order valence-electron chi connectivity index (χ4n) is 2.70. The minimum absolute atomic E-state index is 0.345. The average Bonchev–Trinajstić information content (AvgIpc) is 2.96. The summed E-state index contributed by atoms with van der Waals surface area (Å²) in [5, 5.41) is 1.20. The molecule has 0 radical (unpaired) electrons. The molecule has 2 heteroatoms. The molecule has 0 bridgehead atoms. The summed E-state index contributed by atoms with van der Waals surface area (Å²) >= 11 is 1.64. The highest BCUT2D eigenvalue weighted by molar-refractivity contribution is 7.20. The molecule has 1 aliphatic rings. The molecule has 3 rings (SSSR count). The van der Waals surface area contributed by atoms with Gasteiger partial charge in [0.05, 0.1) is 4.88 Å². The molecule has 1 aromatic heterocycles. The topological polar surface area (TPSA) is 17.1 Å². The molecule has 1 saturated carbocycles. The lowest BCUT2D eigenvalue weighted by Crippen LogP contribution is -2.03. The maximum atomic E-state index is 12.2. The summed E-state index contributed by atoms with van der Waals surface area (Å²) < 4.78 is 1.22. The minimum Gasteiger partial charge on any atom is -0.293 e. The molecule has 1 aromatic carbocycles. The number of Topliss-reactive ketones (excluding diaryl/α,β-unsaturated/α-hetero) is 1. The molecule has 0 atom stereocenters. The third kappa shape index (κ3) is 2.27. The van der Waals surface area contributed by atoms with Crippen molar-refractivity contribution < 1.29 is 4.79 Å². The lowest BCUT2D eigenvalue weighted by atomic mass is 10.0. The Labute approximate surface area is 105 Å². The van der Waals surface area contributed by atoms with Gasteiger partial charge in [-0.05, 0) is 23.4 Å². The predicted octanol–water partition coefficient (Wildman–Crippen LogP) is 4.66. The number of hydrogen-bond donors (Lipinski definition) is 0. The van der Waals surface area contributed by atoms with Crippen molar-refractivity contribution in [3.8, 4) is 0 Å². The van der Waals surface area contributed by atoms with Crippen LogP contribution in [0.15, 0.2) is 30.3 Å². The van der Waals surface area contributed by atoms with Gasteiger partial charge in [0.25, 0.3) is 0 Å². The Balaban J connectivity index is 1.80. The zero-order chi connectivity index (χ0) is 11.7. The van der Waals surface area contributed by atoms with Gasteiger partial charge in [-0.3, -0.25) is 4.79 Å². The van der Waals surface area contributed by atoms with Gasteiger partial charge in [0.1, 0.15) is 0 Å². The monoisotopic (exact) mass is 244 g/mol. The Morgan fingerprint density at radius 1 is 1.24 bits per heavy atom. The molecule has 17 heavy (non-hydrogen) atoms. The maximum absolute atomic E-state index is 12.2. The van der Waals surface area contributed by atoms with E-state index >= 15 is 0 Å². The summed E-state index contributed by atoms with van der Waals surface area (Å²) in [6, 6.07) is 10.3. The van der Waals surface area contributed by atoms with Crippen molar-refractivity contribution >= 4 is 27.2 Å². The molecule has 1 heterocycles. The molecule has 2 aromatic rings. The van der Waals surface area contributed by atoms with Gasteiger partial charge < -0.3 is 0 Å². The van der Waals surface area contributed by atoms with E-state index in [1.54, 1.807) is 11.3 Å². The van der Waals surface area contributed by atoms with Crippen LogP contribution in [0, 0.1) is 5.92 Å². The van der Waals surface area contributed by atoms with Crippen LogP contribution in [0.5, 0.6) is 0 Å². The molecule has 0 spiro atoms. The van der Waals surface area contributed by atoms with E-state index in [4.69, 9.17) is 0 Å². The first-order valence-corrected chi connectivity index (χ1v) is 7.16. The number of thiophene rings is 1. The van der Waals surface area contributed by atoms with Crippen LogP contribution in [-0.2, 0) is 0 Å². The van der Waals surface area contributed by atoms with Crippen LogP contribution in [0.3, 0.4) is 0 Å². The smallest absolute Gasteiger partial charge is 0.173 e. The molecular formula is C15H16OS. The number of carbonyl (C=O) groups is 1. The Hall–Kier alpha value is -1.15. The number of hydrogen-bond acceptors (Lipinski definition) is 2. The molecule has 0 unspecified atom stereocenters. The molecule has 1 aliphatic carbocycles. The zero-order valence-electron chi connectivity index (χ0n) is 9.82. The van der Waals surface area contributed by atoms with E-state index in [2.05, 4.69) is 18.2 Å².